The van der Waals surface area contributed by atoms with Crippen LogP contribution in [-0.2, 0) is 0 Å². The van der Waals surface area contributed by atoms with Gasteiger partial charge in [0.15, 0.2) is 0 Å². The molecule has 4 rings (SSSR count). The van der Waals surface area contributed by atoms with Gasteiger partial charge in [0, 0.05) is 18.4 Å². The van der Waals surface area contributed by atoms with Crippen LogP contribution in [-0.4, -0.2) is 36.9 Å². The third-order valence-electron chi connectivity index (χ3n) is 5.31. The number of benzene rings is 1. The number of aromatic nitrogens is 4. The van der Waals surface area contributed by atoms with E-state index in [0.717, 1.165) is 17.8 Å². The lowest BCUT2D eigenvalue weighted by atomic mass is 9.84. The molecular weight excluding hydrogens is 326 g/mol. The Kier molecular flexibility index (Phi) is 4.41. The van der Waals surface area contributed by atoms with Crippen molar-refractivity contribution >= 4 is 11.7 Å². The zero-order valence-corrected chi connectivity index (χ0v) is 15.2. The molecule has 1 aliphatic carbocycles. The Morgan fingerprint density at radius 3 is 2.69 bits per heavy atom. The maximum absolute atomic E-state index is 13.3. The first-order valence-corrected chi connectivity index (χ1v) is 9.18. The number of aryl methyl sites for hydroxylation is 1. The van der Waals surface area contributed by atoms with Gasteiger partial charge in [-0.05, 0) is 44.2 Å². The van der Waals surface area contributed by atoms with Crippen molar-refractivity contribution in [3.63, 3.8) is 0 Å². The minimum atomic E-state index is -0.127. The van der Waals surface area contributed by atoms with Crippen LogP contribution in [0.2, 0.25) is 0 Å². The number of nitrogens with zero attached hydrogens (tertiary/aromatic N) is 5. The van der Waals surface area contributed by atoms with Gasteiger partial charge in [0.2, 0.25) is 5.82 Å². The van der Waals surface area contributed by atoms with Crippen molar-refractivity contribution < 1.29 is 4.79 Å². The van der Waals surface area contributed by atoms with Crippen LogP contribution >= 0.6 is 0 Å². The first kappa shape index (κ1) is 16.7. The maximum atomic E-state index is 13.3. The van der Waals surface area contributed by atoms with Crippen LogP contribution in [0.4, 0.5) is 0 Å². The highest BCUT2D eigenvalue weighted by Crippen LogP contribution is 2.31. The standard InChI is InChI=1S/C20H23N5O/c1-14-11-12-21-20-22-18(23-25(14)20)19(26)24(13-16-7-6-8-16)15(2)17-9-4-3-5-10-17/h3-5,9-12,15-16H,6-8,13H2,1-2H3/t15-/m0/s1. The van der Waals surface area contributed by atoms with E-state index in [9.17, 15) is 4.79 Å². The number of carbonyl (C=O) groups is 1. The first-order chi connectivity index (χ1) is 12.6. The summed E-state index contributed by atoms with van der Waals surface area (Å²) in [5.74, 6) is 1.12. The predicted molar refractivity (Wildman–Crippen MR) is 98.8 cm³/mol. The molecule has 0 bridgehead atoms. The number of hydrogen-bond donors (Lipinski definition) is 0. The summed E-state index contributed by atoms with van der Waals surface area (Å²) in [4.78, 5) is 23.8. The molecule has 26 heavy (non-hydrogen) atoms. The average molecular weight is 349 g/mol. The van der Waals surface area contributed by atoms with Gasteiger partial charge in [0.25, 0.3) is 11.7 Å². The minimum absolute atomic E-state index is 0.0232. The fourth-order valence-corrected chi connectivity index (χ4v) is 3.41. The molecule has 0 unspecified atom stereocenters. The normalized spacial score (nSPS) is 15.6. The first-order valence-electron chi connectivity index (χ1n) is 9.18. The quantitative estimate of drug-likeness (QED) is 0.708. The number of fused-ring (bicyclic) bond motifs is 1. The summed E-state index contributed by atoms with van der Waals surface area (Å²) in [6, 6.07) is 12.0. The Hall–Kier alpha value is -2.76. The zero-order valence-electron chi connectivity index (χ0n) is 15.2. The number of rotatable bonds is 5. The summed E-state index contributed by atoms with van der Waals surface area (Å²) in [5.41, 5.74) is 2.03. The zero-order chi connectivity index (χ0) is 18.1. The van der Waals surface area contributed by atoms with Gasteiger partial charge in [-0.2, -0.15) is 4.98 Å². The Balaban J connectivity index is 1.67. The van der Waals surface area contributed by atoms with Gasteiger partial charge in [-0.1, -0.05) is 36.8 Å². The van der Waals surface area contributed by atoms with Gasteiger partial charge >= 0.3 is 0 Å². The van der Waals surface area contributed by atoms with E-state index in [0.29, 0.717) is 11.7 Å². The van der Waals surface area contributed by atoms with Crippen LogP contribution in [0.5, 0.6) is 0 Å². The Morgan fingerprint density at radius 2 is 2.04 bits per heavy atom. The van der Waals surface area contributed by atoms with Crippen molar-refractivity contribution in [2.45, 2.75) is 39.2 Å². The summed E-state index contributed by atoms with van der Waals surface area (Å²) in [7, 11) is 0. The second kappa shape index (κ2) is 6.86. The largest absolute Gasteiger partial charge is 0.329 e. The van der Waals surface area contributed by atoms with Gasteiger partial charge < -0.3 is 4.90 Å². The van der Waals surface area contributed by atoms with E-state index in [1.54, 1.807) is 10.7 Å². The molecular formula is C20H23N5O. The van der Waals surface area contributed by atoms with Crippen LogP contribution in [0.3, 0.4) is 0 Å². The van der Waals surface area contributed by atoms with Crippen molar-refractivity contribution in [3.8, 4) is 0 Å². The predicted octanol–water partition coefficient (Wildman–Crippen LogP) is 3.44. The smallest absolute Gasteiger partial charge is 0.294 e. The molecule has 1 aliphatic rings. The van der Waals surface area contributed by atoms with E-state index < -0.39 is 0 Å². The van der Waals surface area contributed by atoms with Crippen LogP contribution < -0.4 is 0 Å². The van der Waals surface area contributed by atoms with E-state index in [1.165, 1.54) is 19.3 Å². The van der Waals surface area contributed by atoms with Crippen molar-refractivity contribution in [3.05, 3.63) is 59.7 Å². The number of amides is 1. The summed E-state index contributed by atoms with van der Waals surface area (Å²) >= 11 is 0. The summed E-state index contributed by atoms with van der Waals surface area (Å²) in [6.45, 7) is 4.75. The summed E-state index contributed by atoms with van der Waals surface area (Å²) < 4.78 is 1.63. The molecule has 3 aromatic rings. The molecule has 1 atom stereocenters. The molecule has 2 aromatic heterocycles. The van der Waals surface area contributed by atoms with Crippen LogP contribution in [0.25, 0.3) is 5.78 Å². The second-order valence-corrected chi connectivity index (χ2v) is 7.07. The number of hydrogen-bond acceptors (Lipinski definition) is 4. The van der Waals surface area contributed by atoms with Gasteiger partial charge in [-0.25, -0.2) is 9.50 Å². The molecule has 1 fully saturated rings. The summed E-state index contributed by atoms with van der Waals surface area (Å²) in [5, 5.41) is 4.41. The van der Waals surface area contributed by atoms with Gasteiger partial charge in [0.1, 0.15) is 0 Å². The second-order valence-electron chi connectivity index (χ2n) is 7.07. The van der Waals surface area contributed by atoms with Crippen LogP contribution in [0, 0.1) is 12.8 Å². The van der Waals surface area contributed by atoms with Gasteiger partial charge in [-0.3, -0.25) is 4.79 Å². The fourth-order valence-electron chi connectivity index (χ4n) is 3.41. The van der Waals surface area contributed by atoms with Crippen LogP contribution in [0.15, 0.2) is 42.6 Å². The SMILES string of the molecule is Cc1ccnc2nc(C(=O)N(CC3CCC3)[C@@H](C)c3ccccc3)nn12. The molecule has 0 saturated heterocycles. The van der Waals surface area contributed by atoms with Gasteiger partial charge in [0.05, 0.1) is 6.04 Å². The third kappa shape index (κ3) is 3.07. The highest BCUT2D eigenvalue weighted by atomic mass is 16.2. The van der Waals surface area contributed by atoms with Crippen molar-refractivity contribution in [1.82, 2.24) is 24.5 Å². The van der Waals surface area contributed by atoms with E-state index in [1.807, 2.05) is 36.1 Å². The molecule has 6 nitrogen and oxygen atoms in total. The minimum Gasteiger partial charge on any atom is -0.329 e. The van der Waals surface area contributed by atoms with Crippen molar-refractivity contribution in [2.24, 2.45) is 5.92 Å². The highest BCUT2D eigenvalue weighted by Gasteiger charge is 2.30. The lowest BCUT2D eigenvalue weighted by Crippen LogP contribution is -2.39. The molecule has 6 heteroatoms. The molecule has 1 aromatic carbocycles. The molecule has 1 amide bonds. The molecule has 0 radical (unpaired) electrons. The monoisotopic (exact) mass is 349 g/mol. The molecule has 2 heterocycles. The molecule has 134 valence electrons. The van der Waals surface area contributed by atoms with E-state index in [-0.39, 0.29) is 17.8 Å². The van der Waals surface area contributed by atoms with E-state index >= 15 is 0 Å². The summed E-state index contributed by atoms with van der Waals surface area (Å²) in [6.07, 6.45) is 5.31. The topological polar surface area (TPSA) is 63.4 Å². The Bertz CT molecular complexity index is 916. The van der Waals surface area contributed by atoms with Crippen molar-refractivity contribution in [2.75, 3.05) is 6.54 Å². The fraction of sp³-hybridized carbons (Fsp3) is 0.400. The lowest BCUT2D eigenvalue weighted by Gasteiger charge is -2.35. The average Bonchev–Trinajstić information content (AvgIpc) is 3.06. The van der Waals surface area contributed by atoms with E-state index in [2.05, 4.69) is 34.1 Å². The molecule has 0 N–H and O–H groups in total. The van der Waals surface area contributed by atoms with Crippen LogP contribution in [0.1, 0.15) is 54.1 Å². The Morgan fingerprint density at radius 1 is 1.27 bits per heavy atom. The number of carbonyl (C=O) groups excluding carboxylic acids is 1. The highest BCUT2D eigenvalue weighted by molar-refractivity contribution is 5.91. The molecule has 0 spiro atoms. The lowest BCUT2D eigenvalue weighted by molar-refractivity contribution is 0.0601. The molecule has 0 aliphatic heterocycles. The maximum Gasteiger partial charge on any atom is 0.294 e. The Labute approximate surface area is 152 Å². The van der Waals surface area contributed by atoms with Crippen molar-refractivity contribution in [1.29, 1.82) is 0 Å². The third-order valence-corrected chi connectivity index (χ3v) is 5.31. The van der Waals surface area contributed by atoms with Gasteiger partial charge in [-0.15, -0.1) is 5.10 Å². The molecule has 1 saturated carbocycles. The van der Waals surface area contributed by atoms with E-state index in [4.69, 9.17) is 0 Å².